The zero-order chi connectivity index (χ0) is 20.9. The molecule has 156 valence electrons. The second-order valence-electron chi connectivity index (χ2n) is 7.04. The Morgan fingerprint density at radius 2 is 1.24 bits per heavy atom. The van der Waals surface area contributed by atoms with Crippen molar-refractivity contribution in [3.63, 3.8) is 0 Å². The van der Waals surface area contributed by atoms with Crippen molar-refractivity contribution < 1.29 is 19.1 Å². The van der Waals surface area contributed by atoms with Crippen molar-refractivity contribution in [3.05, 3.63) is 59.7 Å². The molecule has 0 aliphatic heterocycles. The SMILES string of the molecule is CCCCCCCCCCOc1ccc(C(=O)Oc2ccc(C(=O)Cl)cc2)cc1. The number of hydrogen-bond acceptors (Lipinski definition) is 4. The Morgan fingerprint density at radius 1 is 0.724 bits per heavy atom. The van der Waals surface area contributed by atoms with Crippen LogP contribution >= 0.6 is 11.6 Å². The molecular weight excluding hydrogens is 388 g/mol. The van der Waals surface area contributed by atoms with Gasteiger partial charge < -0.3 is 9.47 Å². The number of benzene rings is 2. The predicted octanol–water partition coefficient (Wildman–Crippen LogP) is 6.80. The molecule has 0 spiro atoms. The number of unbranched alkanes of at least 4 members (excludes halogenated alkanes) is 7. The average Bonchev–Trinajstić information content (AvgIpc) is 2.73. The fourth-order valence-corrected chi connectivity index (χ4v) is 3.06. The molecule has 5 heteroatoms. The summed E-state index contributed by atoms with van der Waals surface area (Å²) in [5.41, 5.74) is 0.784. The highest BCUT2D eigenvalue weighted by Crippen LogP contribution is 2.18. The molecule has 2 aromatic carbocycles. The van der Waals surface area contributed by atoms with Gasteiger partial charge in [-0.15, -0.1) is 0 Å². The van der Waals surface area contributed by atoms with Crippen molar-refractivity contribution in [2.45, 2.75) is 58.3 Å². The van der Waals surface area contributed by atoms with Crippen LogP contribution in [0.2, 0.25) is 0 Å². The summed E-state index contributed by atoms with van der Waals surface area (Å²) >= 11 is 5.40. The van der Waals surface area contributed by atoms with Crippen LogP contribution in [0.1, 0.15) is 79.0 Å². The molecule has 0 aromatic heterocycles. The minimum absolute atomic E-state index is 0.351. The fourth-order valence-electron chi connectivity index (χ4n) is 2.93. The summed E-state index contributed by atoms with van der Waals surface area (Å²) in [5.74, 6) is 0.630. The van der Waals surface area contributed by atoms with Crippen LogP contribution in [-0.4, -0.2) is 17.8 Å². The first-order valence-corrected chi connectivity index (χ1v) is 10.7. The largest absolute Gasteiger partial charge is 0.494 e. The van der Waals surface area contributed by atoms with Gasteiger partial charge in [0.05, 0.1) is 12.2 Å². The number of halogens is 1. The van der Waals surface area contributed by atoms with Crippen LogP contribution in [0.4, 0.5) is 0 Å². The van der Waals surface area contributed by atoms with Gasteiger partial charge in [0.1, 0.15) is 11.5 Å². The lowest BCUT2D eigenvalue weighted by Gasteiger charge is -2.08. The van der Waals surface area contributed by atoms with Crippen molar-refractivity contribution >= 4 is 22.8 Å². The van der Waals surface area contributed by atoms with E-state index in [2.05, 4.69) is 6.92 Å². The highest BCUT2D eigenvalue weighted by atomic mass is 35.5. The molecule has 2 aromatic rings. The summed E-state index contributed by atoms with van der Waals surface area (Å²) < 4.78 is 11.0. The van der Waals surface area contributed by atoms with Crippen molar-refractivity contribution in [2.75, 3.05) is 6.61 Å². The molecule has 0 unspecified atom stereocenters. The number of ether oxygens (including phenoxy) is 2. The molecule has 0 N–H and O–H groups in total. The molecule has 0 amide bonds. The van der Waals surface area contributed by atoms with E-state index in [1.807, 2.05) is 0 Å². The standard InChI is InChI=1S/C24H29ClO4/c1-2-3-4-5-6-7-8-9-18-28-21-14-12-20(13-15-21)24(27)29-22-16-10-19(11-17-22)23(25)26/h10-17H,2-9,18H2,1H3. The van der Waals surface area contributed by atoms with Crippen LogP contribution in [0, 0.1) is 0 Å². The van der Waals surface area contributed by atoms with Crippen molar-refractivity contribution in [3.8, 4) is 11.5 Å². The maximum Gasteiger partial charge on any atom is 0.343 e. The topological polar surface area (TPSA) is 52.6 Å². The van der Waals surface area contributed by atoms with E-state index in [9.17, 15) is 9.59 Å². The highest BCUT2D eigenvalue weighted by Gasteiger charge is 2.10. The van der Waals surface area contributed by atoms with E-state index >= 15 is 0 Å². The summed E-state index contributed by atoms with van der Waals surface area (Å²) in [4.78, 5) is 23.3. The summed E-state index contributed by atoms with van der Waals surface area (Å²) in [6.07, 6.45) is 10.1. The minimum atomic E-state index is -0.551. The Hall–Kier alpha value is -2.33. The molecule has 0 aliphatic carbocycles. The van der Waals surface area contributed by atoms with Gasteiger partial charge in [0.2, 0.25) is 0 Å². The lowest BCUT2D eigenvalue weighted by molar-refractivity contribution is 0.0734. The highest BCUT2D eigenvalue weighted by molar-refractivity contribution is 6.67. The maximum absolute atomic E-state index is 12.2. The van der Waals surface area contributed by atoms with E-state index in [0.29, 0.717) is 23.5 Å². The smallest absolute Gasteiger partial charge is 0.343 e. The Morgan fingerprint density at radius 3 is 1.83 bits per heavy atom. The Labute approximate surface area is 178 Å². The second kappa shape index (κ2) is 13.0. The molecule has 0 atom stereocenters. The molecule has 0 saturated heterocycles. The third kappa shape index (κ3) is 8.70. The van der Waals surface area contributed by atoms with E-state index in [-0.39, 0.29) is 0 Å². The van der Waals surface area contributed by atoms with Gasteiger partial charge in [0, 0.05) is 5.56 Å². The van der Waals surface area contributed by atoms with Gasteiger partial charge >= 0.3 is 5.97 Å². The van der Waals surface area contributed by atoms with Gasteiger partial charge in [-0.3, -0.25) is 4.79 Å². The molecule has 0 radical (unpaired) electrons. The van der Waals surface area contributed by atoms with Crippen LogP contribution in [0.3, 0.4) is 0 Å². The molecular formula is C24H29ClO4. The predicted molar refractivity (Wildman–Crippen MR) is 116 cm³/mol. The Balaban J connectivity index is 1.68. The van der Waals surface area contributed by atoms with Gasteiger partial charge in [0.15, 0.2) is 0 Å². The molecule has 0 saturated carbocycles. The van der Waals surface area contributed by atoms with Gasteiger partial charge in [-0.2, -0.15) is 0 Å². The first kappa shape index (κ1) is 23.0. The number of hydrogen-bond donors (Lipinski definition) is 0. The van der Waals surface area contributed by atoms with Gasteiger partial charge in [-0.1, -0.05) is 51.9 Å². The summed E-state index contributed by atoms with van der Waals surface area (Å²) in [6, 6.07) is 13.0. The van der Waals surface area contributed by atoms with E-state index < -0.39 is 11.2 Å². The Kier molecular flexibility index (Phi) is 10.3. The number of carbonyl (C=O) groups excluding carboxylic acids is 2. The molecule has 0 bridgehead atoms. The number of carbonyl (C=O) groups is 2. The molecule has 0 fully saturated rings. The molecule has 29 heavy (non-hydrogen) atoms. The lowest BCUT2D eigenvalue weighted by atomic mass is 10.1. The van der Waals surface area contributed by atoms with Gasteiger partial charge in [-0.05, 0) is 66.6 Å². The third-order valence-electron chi connectivity index (χ3n) is 4.65. The lowest BCUT2D eigenvalue weighted by Crippen LogP contribution is -2.08. The average molecular weight is 417 g/mol. The Bertz CT molecular complexity index is 753. The molecule has 2 rings (SSSR count). The van der Waals surface area contributed by atoms with E-state index in [1.54, 1.807) is 24.3 Å². The van der Waals surface area contributed by atoms with Crippen LogP contribution in [-0.2, 0) is 0 Å². The maximum atomic E-state index is 12.2. The summed E-state index contributed by atoms with van der Waals surface area (Å²) in [5, 5.41) is -0.551. The van der Waals surface area contributed by atoms with E-state index in [0.717, 1.165) is 12.2 Å². The zero-order valence-electron chi connectivity index (χ0n) is 17.0. The molecule has 4 nitrogen and oxygen atoms in total. The van der Waals surface area contributed by atoms with Crippen LogP contribution in [0.25, 0.3) is 0 Å². The first-order chi connectivity index (χ1) is 14.1. The minimum Gasteiger partial charge on any atom is -0.494 e. The molecule has 0 aliphatic rings. The summed E-state index contributed by atoms with van der Waals surface area (Å²) in [7, 11) is 0. The zero-order valence-corrected chi connectivity index (χ0v) is 17.7. The summed E-state index contributed by atoms with van der Waals surface area (Å²) in [6.45, 7) is 2.92. The first-order valence-electron chi connectivity index (χ1n) is 10.3. The second-order valence-corrected chi connectivity index (χ2v) is 7.38. The van der Waals surface area contributed by atoms with Crippen LogP contribution in [0.15, 0.2) is 48.5 Å². The van der Waals surface area contributed by atoms with Gasteiger partial charge in [0.25, 0.3) is 5.24 Å². The number of rotatable bonds is 13. The van der Waals surface area contributed by atoms with Crippen LogP contribution in [0.5, 0.6) is 11.5 Å². The van der Waals surface area contributed by atoms with E-state index in [4.69, 9.17) is 21.1 Å². The van der Waals surface area contributed by atoms with E-state index in [1.165, 1.54) is 69.2 Å². The fraction of sp³-hybridized carbons (Fsp3) is 0.417. The van der Waals surface area contributed by atoms with Crippen molar-refractivity contribution in [1.82, 2.24) is 0 Å². The monoisotopic (exact) mass is 416 g/mol. The van der Waals surface area contributed by atoms with Gasteiger partial charge in [-0.25, -0.2) is 4.79 Å². The third-order valence-corrected chi connectivity index (χ3v) is 4.87. The van der Waals surface area contributed by atoms with Crippen molar-refractivity contribution in [2.24, 2.45) is 0 Å². The molecule has 0 heterocycles. The van der Waals surface area contributed by atoms with Crippen molar-refractivity contribution in [1.29, 1.82) is 0 Å². The quantitative estimate of drug-likeness (QED) is 0.156. The number of esters is 1. The normalized spacial score (nSPS) is 10.6. The van der Waals surface area contributed by atoms with Crippen LogP contribution < -0.4 is 9.47 Å².